The highest BCUT2D eigenvalue weighted by Crippen LogP contribution is 2.44. The molecule has 1 fully saturated rings. The van der Waals surface area contributed by atoms with E-state index in [2.05, 4.69) is 74.6 Å². The van der Waals surface area contributed by atoms with Gasteiger partial charge in [-0.05, 0) is 35.4 Å². The molecule has 0 spiro atoms. The molecular formula is C32H32N4O3S2. The number of fused-ring (bicyclic) bond motifs is 1. The van der Waals surface area contributed by atoms with Crippen LogP contribution in [0.25, 0.3) is 42.9 Å². The second-order valence-corrected chi connectivity index (χ2v) is 12.4. The number of methoxy groups -OCH3 is 1. The number of likely N-dealkylation sites (tertiary alicyclic amines) is 1. The number of ether oxygens (including phenoxy) is 1. The molecule has 210 valence electrons. The molecule has 0 bridgehead atoms. The molecule has 9 heteroatoms. The molecule has 2 aromatic carbocycles. The summed E-state index contributed by atoms with van der Waals surface area (Å²) >= 11 is 3.59. The number of H-pyrrole nitrogens is 1. The number of amides is 2. The number of carbonyl (C=O) groups excluding carboxylic acids is 2. The highest BCUT2D eigenvalue weighted by molar-refractivity contribution is 7.27. The lowest BCUT2D eigenvalue weighted by Gasteiger charge is -2.30. The van der Waals surface area contributed by atoms with Crippen molar-refractivity contribution in [3.8, 4) is 33.5 Å². The van der Waals surface area contributed by atoms with E-state index in [-0.39, 0.29) is 17.9 Å². The maximum absolute atomic E-state index is 13.4. The van der Waals surface area contributed by atoms with E-state index in [0.717, 1.165) is 29.9 Å². The summed E-state index contributed by atoms with van der Waals surface area (Å²) in [6.45, 7) is 4.46. The molecule has 0 radical (unpaired) electrons. The Bertz CT molecular complexity index is 1670. The number of imidazole rings is 1. The van der Waals surface area contributed by atoms with E-state index in [0.29, 0.717) is 6.54 Å². The molecule has 1 unspecified atom stereocenters. The van der Waals surface area contributed by atoms with Crippen LogP contribution in [-0.2, 0) is 9.53 Å². The molecule has 1 aliphatic heterocycles. The third-order valence-corrected chi connectivity index (χ3v) is 9.87. The van der Waals surface area contributed by atoms with Gasteiger partial charge >= 0.3 is 6.09 Å². The van der Waals surface area contributed by atoms with Crippen molar-refractivity contribution in [3.05, 3.63) is 77.4 Å². The first-order valence-electron chi connectivity index (χ1n) is 13.8. The van der Waals surface area contributed by atoms with Crippen LogP contribution in [0.5, 0.6) is 0 Å². The van der Waals surface area contributed by atoms with E-state index >= 15 is 0 Å². The van der Waals surface area contributed by atoms with E-state index in [1.54, 1.807) is 22.7 Å². The zero-order valence-electron chi connectivity index (χ0n) is 23.2. The Morgan fingerprint density at radius 1 is 0.976 bits per heavy atom. The lowest BCUT2D eigenvalue weighted by molar-refractivity contribution is -0.135. The van der Waals surface area contributed by atoms with Crippen LogP contribution in [0.15, 0.2) is 71.6 Å². The van der Waals surface area contributed by atoms with Crippen molar-refractivity contribution in [1.82, 2.24) is 20.2 Å². The lowest BCUT2D eigenvalue weighted by atomic mass is 10.0. The summed E-state index contributed by atoms with van der Waals surface area (Å²) in [7, 11) is 1.30. The molecule has 7 nitrogen and oxygen atoms in total. The first-order chi connectivity index (χ1) is 19.9. The van der Waals surface area contributed by atoms with Crippen LogP contribution in [0.2, 0.25) is 0 Å². The van der Waals surface area contributed by atoms with Crippen LogP contribution in [0.1, 0.15) is 38.6 Å². The Labute approximate surface area is 247 Å². The quantitative estimate of drug-likeness (QED) is 0.205. The zero-order valence-corrected chi connectivity index (χ0v) is 24.9. The molecule has 41 heavy (non-hydrogen) atoms. The van der Waals surface area contributed by atoms with Gasteiger partial charge in [0.15, 0.2) is 0 Å². The van der Waals surface area contributed by atoms with Crippen molar-refractivity contribution >= 4 is 44.1 Å². The highest BCUT2D eigenvalue weighted by Gasteiger charge is 2.37. The fourth-order valence-electron chi connectivity index (χ4n) is 5.51. The predicted molar refractivity (Wildman–Crippen MR) is 166 cm³/mol. The van der Waals surface area contributed by atoms with Crippen molar-refractivity contribution in [1.29, 1.82) is 0 Å². The molecular weight excluding hydrogens is 553 g/mol. The van der Waals surface area contributed by atoms with E-state index in [9.17, 15) is 9.59 Å². The smallest absolute Gasteiger partial charge is 0.407 e. The molecule has 2 amide bonds. The molecule has 0 saturated carbocycles. The normalized spacial score (nSPS) is 15.9. The van der Waals surface area contributed by atoms with E-state index in [1.807, 2.05) is 31.0 Å². The predicted octanol–water partition coefficient (Wildman–Crippen LogP) is 7.73. The molecule has 1 saturated heterocycles. The largest absolute Gasteiger partial charge is 0.453 e. The van der Waals surface area contributed by atoms with Crippen molar-refractivity contribution in [2.45, 2.75) is 38.8 Å². The Morgan fingerprint density at radius 3 is 2.24 bits per heavy atom. The van der Waals surface area contributed by atoms with Crippen molar-refractivity contribution in [2.75, 3.05) is 13.7 Å². The van der Waals surface area contributed by atoms with Gasteiger partial charge in [0.1, 0.15) is 11.9 Å². The number of nitrogens with zero attached hydrogens (tertiary/aromatic N) is 2. The molecule has 3 aromatic heterocycles. The maximum atomic E-state index is 13.4. The Balaban J connectivity index is 1.20. The number of alkyl carbamates (subject to hydrolysis) is 1. The van der Waals surface area contributed by atoms with Gasteiger partial charge in [0.05, 0.1) is 34.4 Å². The molecule has 0 aliphatic carbocycles. The average Bonchev–Trinajstić information content (AvgIpc) is 3.80. The second-order valence-electron chi connectivity index (χ2n) is 10.6. The third-order valence-electron chi connectivity index (χ3n) is 7.71. The summed E-state index contributed by atoms with van der Waals surface area (Å²) in [6, 6.07) is 18.3. The Hall–Kier alpha value is -3.95. The summed E-state index contributed by atoms with van der Waals surface area (Å²) < 4.78 is 7.39. The minimum absolute atomic E-state index is 0.0721. The number of aromatic nitrogens is 2. The minimum atomic E-state index is -0.652. The molecule has 2 N–H and O–H groups in total. The highest BCUT2D eigenvalue weighted by atomic mass is 32.1. The molecule has 4 heterocycles. The fraction of sp³-hybridized carbons (Fsp3) is 0.281. The van der Waals surface area contributed by atoms with Crippen LogP contribution in [0.4, 0.5) is 4.79 Å². The number of rotatable bonds is 7. The van der Waals surface area contributed by atoms with Crippen molar-refractivity contribution in [3.63, 3.8) is 0 Å². The van der Waals surface area contributed by atoms with Gasteiger partial charge in [0, 0.05) is 28.4 Å². The van der Waals surface area contributed by atoms with Gasteiger partial charge in [0.25, 0.3) is 0 Å². The monoisotopic (exact) mass is 584 g/mol. The van der Waals surface area contributed by atoms with Gasteiger partial charge in [-0.2, -0.15) is 0 Å². The topological polar surface area (TPSA) is 87.3 Å². The van der Waals surface area contributed by atoms with E-state index in [4.69, 9.17) is 4.74 Å². The lowest BCUT2D eigenvalue weighted by Crippen LogP contribution is -2.51. The summed E-state index contributed by atoms with van der Waals surface area (Å²) in [4.78, 5) is 35.3. The molecule has 1 aliphatic rings. The van der Waals surface area contributed by atoms with Gasteiger partial charge in [-0.1, -0.05) is 68.4 Å². The Kier molecular flexibility index (Phi) is 7.64. The minimum Gasteiger partial charge on any atom is -0.453 e. The summed E-state index contributed by atoms with van der Waals surface area (Å²) in [6.07, 6.45) is 2.94. The average molecular weight is 585 g/mol. The van der Waals surface area contributed by atoms with Gasteiger partial charge in [-0.3, -0.25) is 4.79 Å². The fourth-order valence-corrected chi connectivity index (χ4v) is 7.97. The number of aromatic amines is 1. The summed E-state index contributed by atoms with van der Waals surface area (Å²) in [5.74, 6) is 0.584. The SMILES string of the molecule is COC(=O)N[C@H](C(=O)N1CCCC1c1ncc(-c2ccc(-c3csc4c(-c5ccccc5)csc34)cc2)[nH]1)C(C)C. The number of thiophene rings is 2. The van der Waals surface area contributed by atoms with Crippen LogP contribution < -0.4 is 5.32 Å². The van der Waals surface area contributed by atoms with Crippen molar-refractivity contribution < 1.29 is 14.3 Å². The molecule has 5 aromatic rings. The van der Waals surface area contributed by atoms with Gasteiger partial charge in [-0.25, -0.2) is 9.78 Å². The first kappa shape index (κ1) is 27.2. The maximum Gasteiger partial charge on any atom is 0.407 e. The van der Waals surface area contributed by atoms with Crippen LogP contribution >= 0.6 is 22.7 Å². The number of benzene rings is 2. The number of hydrogen-bond donors (Lipinski definition) is 2. The van der Waals surface area contributed by atoms with Gasteiger partial charge < -0.3 is 19.9 Å². The summed E-state index contributed by atoms with van der Waals surface area (Å²) in [5.41, 5.74) is 6.94. The Morgan fingerprint density at radius 2 is 1.61 bits per heavy atom. The van der Waals surface area contributed by atoms with Gasteiger partial charge in [0.2, 0.25) is 5.91 Å². The van der Waals surface area contributed by atoms with Crippen LogP contribution in [0, 0.1) is 5.92 Å². The third kappa shape index (κ3) is 5.27. The van der Waals surface area contributed by atoms with Crippen LogP contribution in [-0.4, -0.2) is 46.6 Å². The first-order valence-corrected chi connectivity index (χ1v) is 15.5. The van der Waals surface area contributed by atoms with E-state index in [1.165, 1.54) is 38.8 Å². The van der Waals surface area contributed by atoms with E-state index < -0.39 is 12.1 Å². The number of hydrogen-bond acceptors (Lipinski definition) is 6. The summed E-state index contributed by atoms with van der Waals surface area (Å²) in [5, 5.41) is 7.21. The molecule has 2 atom stereocenters. The van der Waals surface area contributed by atoms with Crippen molar-refractivity contribution in [2.24, 2.45) is 5.92 Å². The number of carbonyl (C=O) groups is 2. The molecule has 6 rings (SSSR count). The van der Waals surface area contributed by atoms with Crippen LogP contribution in [0.3, 0.4) is 0 Å². The number of nitrogens with one attached hydrogen (secondary N) is 2. The second kappa shape index (κ2) is 11.5. The standard InChI is InChI=1S/C32H32N4O3S2/c1-19(2)27(35-32(38)39-3)31(37)36-15-7-10-26(36)30-33-16-25(34-30)22-13-11-21(12-14-22)24-18-41-28-23(17-40-29(24)28)20-8-5-4-6-9-20/h4-6,8-9,11-14,16-19,26-27H,7,10,15H2,1-3H3,(H,33,34)(H,35,38)/t26?,27-/m0/s1. The van der Waals surface area contributed by atoms with Gasteiger partial charge in [-0.15, -0.1) is 22.7 Å². The zero-order chi connectivity index (χ0) is 28.5.